The van der Waals surface area contributed by atoms with Crippen molar-refractivity contribution in [2.24, 2.45) is 11.1 Å². The van der Waals surface area contributed by atoms with Crippen molar-refractivity contribution in [3.63, 3.8) is 0 Å². The first kappa shape index (κ1) is 18.3. The second-order valence-corrected chi connectivity index (χ2v) is 6.13. The number of rotatable bonds is 7. The first-order valence-corrected chi connectivity index (χ1v) is 8.15. The molecule has 0 aliphatic heterocycles. The van der Waals surface area contributed by atoms with Crippen LogP contribution in [0.3, 0.4) is 0 Å². The number of aryl methyl sites for hydroxylation is 2. The first-order valence-electron chi connectivity index (χ1n) is 8.15. The molecule has 1 aliphatic carbocycles. The molecule has 0 radical (unpaired) electrons. The van der Waals surface area contributed by atoms with Crippen LogP contribution in [0.5, 0.6) is 5.75 Å². The molecule has 4 heteroatoms. The van der Waals surface area contributed by atoms with Gasteiger partial charge in [0.1, 0.15) is 19.0 Å². The standard InChI is InChI=1S/C20H23NO2.ClH/c1-15-7-6-8-16(2)20(15)22-14-19(18-11-12-18)21-23-13-17-9-4-3-5-10-17;/h3-10,18H,11-14H2,1-2H3;1H. The molecule has 1 fully saturated rings. The molecule has 0 N–H and O–H groups in total. The molecule has 1 aliphatic rings. The highest BCUT2D eigenvalue weighted by molar-refractivity contribution is 5.89. The van der Waals surface area contributed by atoms with Gasteiger partial charge >= 0.3 is 0 Å². The number of halogens is 1. The second-order valence-electron chi connectivity index (χ2n) is 6.13. The molecule has 24 heavy (non-hydrogen) atoms. The summed E-state index contributed by atoms with van der Waals surface area (Å²) in [4.78, 5) is 5.54. The van der Waals surface area contributed by atoms with Gasteiger partial charge in [-0.2, -0.15) is 0 Å². The van der Waals surface area contributed by atoms with E-state index in [0.29, 0.717) is 19.1 Å². The van der Waals surface area contributed by atoms with Crippen molar-refractivity contribution < 1.29 is 9.57 Å². The van der Waals surface area contributed by atoms with Crippen molar-refractivity contribution in [3.05, 3.63) is 65.2 Å². The lowest BCUT2D eigenvalue weighted by molar-refractivity contribution is 0.127. The second kappa shape index (κ2) is 8.74. The predicted molar refractivity (Wildman–Crippen MR) is 100 cm³/mol. The highest BCUT2D eigenvalue weighted by Gasteiger charge is 2.29. The van der Waals surface area contributed by atoms with E-state index < -0.39 is 0 Å². The summed E-state index contributed by atoms with van der Waals surface area (Å²) in [6.07, 6.45) is 2.37. The molecule has 0 atom stereocenters. The number of hydrogen-bond donors (Lipinski definition) is 0. The van der Waals surface area contributed by atoms with Gasteiger partial charge in [-0.15, -0.1) is 12.4 Å². The molecule has 0 bridgehead atoms. The average Bonchev–Trinajstić information content (AvgIpc) is 3.38. The third-order valence-corrected chi connectivity index (χ3v) is 4.08. The molecule has 3 nitrogen and oxygen atoms in total. The number of ether oxygens (including phenoxy) is 1. The number of hydrogen-bond acceptors (Lipinski definition) is 3. The molecule has 2 aromatic rings. The van der Waals surface area contributed by atoms with Crippen molar-refractivity contribution in [2.75, 3.05) is 6.61 Å². The predicted octanol–water partition coefficient (Wildman–Crippen LogP) is 5.09. The average molecular weight is 346 g/mol. The van der Waals surface area contributed by atoms with Crippen LogP contribution in [-0.4, -0.2) is 12.3 Å². The Morgan fingerprint density at radius 3 is 2.29 bits per heavy atom. The molecule has 0 amide bonds. The molecule has 3 rings (SSSR count). The number of para-hydroxylation sites is 1. The summed E-state index contributed by atoms with van der Waals surface area (Å²) in [5.74, 6) is 1.49. The Morgan fingerprint density at radius 1 is 1.00 bits per heavy atom. The summed E-state index contributed by atoms with van der Waals surface area (Å²) in [7, 11) is 0. The normalized spacial score (nSPS) is 14.0. The van der Waals surface area contributed by atoms with Gasteiger partial charge in [-0.3, -0.25) is 0 Å². The fourth-order valence-electron chi connectivity index (χ4n) is 2.57. The molecule has 1 saturated carbocycles. The molecule has 0 unspecified atom stereocenters. The molecule has 0 spiro atoms. The van der Waals surface area contributed by atoms with Gasteiger partial charge in [0.2, 0.25) is 0 Å². The number of oxime groups is 1. The summed E-state index contributed by atoms with van der Waals surface area (Å²) >= 11 is 0. The van der Waals surface area contributed by atoms with Crippen LogP contribution in [0.1, 0.15) is 29.5 Å². The van der Waals surface area contributed by atoms with Crippen LogP contribution in [0, 0.1) is 19.8 Å². The first-order chi connectivity index (χ1) is 11.2. The van der Waals surface area contributed by atoms with Crippen molar-refractivity contribution in [2.45, 2.75) is 33.3 Å². The van der Waals surface area contributed by atoms with Crippen molar-refractivity contribution in [1.29, 1.82) is 0 Å². The van der Waals surface area contributed by atoms with E-state index >= 15 is 0 Å². The highest BCUT2D eigenvalue weighted by atomic mass is 35.5. The van der Waals surface area contributed by atoms with Gasteiger partial charge in [-0.05, 0) is 43.4 Å². The van der Waals surface area contributed by atoms with Gasteiger partial charge in [0.25, 0.3) is 0 Å². The minimum absolute atomic E-state index is 0. The molecular formula is C20H24ClNO2. The molecule has 2 aromatic carbocycles. The Morgan fingerprint density at radius 2 is 1.67 bits per heavy atom. The van der Waals surface area contributed by atoms with Gasteiger partial charge < -0.3 is 9.57 Å². The van der Waals surface area contributed by atoms with Crippen LogP contribution in [0.15, 0.2) is 53.7 Å². The lowest BCUT2D eigenvalue weighted by Crippen LogP contribution is -2.15. The maximum atomic E-state index is 6.02. The zero-order chi connectivity index (χ0) is 16.1. The summed E-state index contributed by atoms with van der Waals surface area (Å²) in [5.41, 5.74) is 4.46. The van der Waals surface area contributed by atoms with E-state index in [9.17, 15) is 0 Å². The van der Waals surface area contributed by atoms with Gasteiger partial charge in [-0.25, -0.2) is 0 Å². The van der Waals surface area contributed by atoms with Crippen LogP contribution in [0.2, 0.25) is 0 Å². The van der Waals surface area contributed by atoms with Gasteiger partial charge in [0, 0.05) is 5.92 Å². The van der Waals surface area contributed by atoms with E-state index in [1.165, 1.54) is 12.8 Å². The molecule has 0 heterocycles. The van der Waals surface area contributed by atoms with E-state index in [4.69, 9.17) is 9.57 Å². The van der Waals surface area contributed by atoms with Crippen LogP contribution < -0.4 is 4.74 Å². The van der Waals surface area contributed by atoms with E-state index in [1.807, 2.05) is 30.3 Å². The minimum atomic E-state index is 0. The highest BCUT2D eigenvalue weighted by Crippen LogP contribution is 2.31. The monoisotopic (exact) mass is 345 g/mol. The largest absolute Gasteiger partial charge is 0.487 e. The van der Waals surface area contributed by atoms with Crippen LogP contribution >= 0.6 is 12.4 Å². The fourth-order valence-corrected chi connectivity index (χ4v) is 2.57. The quantitative estimate of drug-likeness (QED) is 0.517. The maximum absolute atomic E-state index is 6.02. The van der Waals surface area contributed by atoms with Crippen LogP contribution in [0.25, 0.3) is 0 Å². The Bertz CT molecular complexity index is 661. The SMILES string of the molecule is Cc1cccc(C)c1OCC(=NOCc1ccccc1)C1CC1.Cl. The van der Waals surface area contributed by atoms with E-state index in [0.717, 1.165) is 28.2 Å². The van der Waals surface area contributed by atoms with Crippen molar-refractivity contribution in [3.8, 4) is 5.75 Å². The third-order valence-electron chi connectivity index (χ3n) is 4.08. The third kappa shape index (κ3) is 5.00. The topological polar surface area (TPSA) is 30.8 Å². The lowest BCUT2D eigenvalue weighted by atomic mass is 10.1. The lowest BCUT2D eigenvalue weighted by Gasteiger charge is -2.13. The van der Waals surface area contributed by atoms with Crippen LogP contribution in [-0.2, 0) is 11.4 Å². The van der Waals surface area contributed by atoms with Gasteiger partial charge in [0.05, 0.1) is 5.71 Å². The maximum Gasteiger partial charge on any atom is 0.142 e. The smallest absolute Gasteiger partial charge is 0.142 e. The molecular weight excluding hydrogens is 322 g/mol. The molecule has 0 saturated heterocycles. The number of nitrogens with zero attached hydrogens (tertiary/aromatic N) is 1. The molecule has 128 valence electrons. The van der Waals surface area contributed by atoms with E-state index in [1.54, 1.807) is 0 Å². The zero-order valence-corrected chi connectivity index (χ0v) is 15.0. The Hall–Kier alpha value is -2.00. The van der Waals surface area contributed by atoms with Crippen molar-refractivity contribution in [1.82, 2.24) is 0 Å². The number of benzene rings is 2. The summed E-state index contributed by atoms with van der Waals surface area (Å²) in [6.45, 7) is 5.15. The van der Waals surface area contributed by atoms with Gasteiger partial charge in [-0.1, -0.05) is 53.7 Å². The summed E-state index contributed by atoms with van der Waals surface area (Å²) in [5, 5.41) is 4.35. The van der Waals surface area contributed by atoms with Crippen molar-refractivity contribution >= 4 is 18.1 Å². The summed E-state index contributed by atoms with van der Waals surface area (Å²) < 4.78 is 6.02. The Labute approximate surface area is 150 Å². The fraction of sp³-hybridized carbons (Fsp3) is 0.350. The molecule has 0 aromatic heterocycles. The van der Waals surface area contributed by atoms with E-state index in [2.05, 4.69) is 37.2 Å². The van der Waals surface area contributed by atoms with E-state index in [-0.39, 0.29) is 12.4 Å². The summed E-state index contributed by atoms with van der Waals surface area (Å²) in [6, 6.07) is 16.3. The minimum Gasteiger partial charge on any atom is -0.487 e. The Balaban J connectivity index is 0.00000208. The Kier molecular flexibility index (Phi) is 6.68. The zero-order valence-electron chi connectivity index (χ0n) is 14.2. The van der Waals surface area contributed by atoms with Gasteiger partial charge in [0.15, 0.2) is 0 Å². The van der Waals surface area contributed by atoms with Crippen LogP contribution in [0.4, 0.5) is 0 Å².